The predicted octanol–water partition coefficient (Wildman–Crippen LogP) is 4.01. The number of hydrogen-bond donors (Lipinski definition) is 2. The molecule has 2 amide bonds. The zero-order valence-electron chi connectivity index (χ0n) is 13.4. The van der Waals surface area contributed by atoms with Crippen molar-refractivity contribution in [3.63, 3.8) is 0 Å². The first-order valence-corrected chi connectivity index (χ1v) is 10.7. The molecule has 0 aliphatic heterocycles. The van der Waals surface area contributed by atoms with Crippen molar-refractivity contribution in [1.29, 1.82) is 0 Å². The minimum Gasteiger partial charge on any atom is -0.273 e. The van der Waals surface area contributed by atoms with Crippen LogP contribution in [-0.2, 0) is 16.0 Å². The molecule has 0 spiro atoms. The SMILES string of the molecule is O=C(CSc1ccc(Cl)cc1)NNC(=O)Cc1csc(-c2ccsc2)n1. The van der Waals surface area contributed by atoms with Gasteiger partial charge in [0.1, 0.15) is 5.01 Å². The van der Waals surface area contributed by atoms with Crippen molar-refractivity contribution in [1.82, 2.24) is 15.8 Å². The smallest absolute Gasteiger partial charge is 0.248 e. The van der Waals surface area contributed by atoms with E-state index < -0.39 is 0 Å². The highest BCUT2D eigenvalue weighted by Crippen LogP contribution is 2.25. The van der Waals surface area contributed by atoms with Crippen molar-refractivity contribution >= 4 is 57.9 Å². The summed E-state index contributed by atoms with van der Waals surface area (Å²) in [6.07, 6.45) is 0.116. The number of aromatic nitrogens is 1. The number of rotatable bonds is 6. The van der Waals surface area contributed by atoms with Crippen LogP contribution in [0.25, 0.3) is 10.6 Å². The summed E-state index contributed by atoms with van der Waals surface area (Å²) in [5.41, 5.74) is 6.56. The Bertz CT molecular complexity index is 879. The van der Waals surface area contributed by atoms with Crippen LogP contribution in [0.2, 0.25) is 5.02 Å². The Labute approximate surface area is 167 Å². The third-order valence-electron chi connectivity index (χ3n) is 3.19. The number of nitrogens with one attached hydrogen (secondary N) is 2. The average Bonchev–Trinajstić information content (AvgIpc) is 3.31. The van der Waals surface area contributed by atoms with Crippen molar-refractivity contribution in [3.05, 3.63) is 57.2 Å². The number of halogens is 1. The lowest BCUT2D eigenvalue weighted by atomic mass is 10.3. The van der Waals surface area contributed by atoms with Crippen LogP contribution in [0.1, 0.15) is 5.69 Å². The minimum atomic E-state index is -0.308. The van der Waals surface area contributed by atoms with Crippen LogP contribution < -0.4 is 10.9 Å². The molecule has 2 aromatic heterocycles. The molecule has 2 N–H and O–H groups in total. The van der Waals surface area contributed by atoms with E-state index in [2.05, 4.69) is 15.8 Å². The molecule has 134 valence electrons. The van der Waals surface area contributed by atoms with Crippen LogP contribution in [0.4, 0.5) is 0 Å². The molecule has 0 fully saturated rings. The van der Waals surface area contributed by atoms with E-state index in [9.17, 15) is 9.59 Å². The quantitative estimate of drug-likeness (QED) is 0.464. The lowest BCUT2D eigenvalue weighted by Gasteiger charge is -2.06. The molecule has 0 aliphatic rings. The monoisotopic (exact) mass is 423 g/mol. The maximum absolute atomic E-state index is 11.9. The summed E-state index contributed by atoms with van der Waals surface area (Å²) in [6.45, 7) is 0. The minimum absolute atomic E-state index is 0.116. The molecule has 26 heavy (non-hydrogen) atoms. The van der Waals surface area contributed by atoms with Crippen LogP contribution in [0.5, 0.6) is 0 Å². The molecule has 0 unspecified atom stereocenters. The Morgan fingerprint density at radius 3 is 2.58 bits per heavy atom. The molecule has 0 saturated carbocycles. The maximum atomic E-state index is 11.9. The van der Waals surface area contributed by atoms with Crippen molar-refractivity contribution in [3.8, 4) is 10.6 Å². The molecule has 0 saturated heterocycles. The van der Waals surface area contributed by atoms with Crippen molar-refractivity contribution in [2.24, 2.45) is 0 Å². The Morgan fingerprint density at radius 1 is 1.08 bits per heavy atom. The van der Waals surface area contributed by atoms with Crippen LogP contribution in [0.15, 0.2) is 51.4 Å². The van der Waals surface area contributed by atoms with Gasteiger partial charge in [-0.15, -0.1) is 23.1 Å². The summed E-state index contributed by atoms with van der Waals surface area (Å²) in [5, 5.41) is 7.39. The van der Waals surface area contributed by atoms with Gasteiger partial charge in [0.15, 0.2) is 0 Å². The fourth-order valence-electron chi connectivity index (χ4n) is 1.97. The van der Waals surface area contributed by atoms with Gasteiger partial charge in [-0.2, -0.15) is 11.3 Å². The van der Waals surface area contributed by atoms with Gasteiger partial charge in [0.2, 0.25) is 11.8 Å². The van der Waals surface area contributed by atoms with Crippen LogP contribution in [0.3, 0.4) is 0 Å². The summed E-state index contributed by atoms with van der Waals surface area (Å²) in [5.74, 6) is -0.395. The van der Waals surface area contributed by atoms with Crippen LogP contribution in [-0.4, -0.2) is 22.6 Å². The third kappa shape index (κ3) is 5.57. The average molecular weight is 424 g/mol. The number of carbonyl (C=O) groups is 2. The number of benzene rings is 1. The second-order valence-electron chi connectivity index (χ2n) is 5.17. The number of amides is 2. The maximum Gasteiger partial charge on any atom is 0.248 e. The van der Waals surface area contributed by atoms with E-state index in [1.807, 2.05) is 34.3 Å². The van der Waals surface area contributed by atoms with Gasteiger partial charge in [-0.3, -0.25) is 20.4 Å². The molecule has 0 aliphatic carbocycles. The number of nitrogens with zero attached hydrogens (tertiary/aromatic N) is 1. The number of thiazole rings is 1. The lowest BCUT2D eigenvalue weighted by molar-refractivity contribution is -0.127. The highest BCUT2D eigenvalue weighted by atomic mass is 35.5. The Balaban J connectivity index is 1.41. The molecule has 3 rings (SSSR count). The van der Waals surface area contributed by atoms with Gasteiger partial charge in [-0.1, -0.05) is 11.6 Å². The summed E-state index contributed by atoms with van der Waals surface area (Å²) in [4.78, 5) is 29.1. The van der Waals surface area contributed by atoms with Gasteiger partial charge >= 0.3 is 0 Å². The first-order chi connectivity index (χ1) is 12.6. The van der Waals surface area contributed by atoms with Crippen LogP contribution >= 0.6 is 46.0 Å². The van der Waals surface area contributed by atoms with Crippen molar-refractivity contribution in [2.45, 2.75) is 11.3 Å². The molecular weight excluding hydrogens is 410 g/mol. The fraction of sp³-hybridized carbons (Fsp3) is 0.118. The third-order valence-corrected chi connectivity index (χ3v) is 6.07. The largest absolute Gasteiger partial charge is 0.273 e. The second-order valence-corrected chi connectivity index (χ2v) is 8.30. The molecule has 0 radical (unpaired) electrons. The first-order valence-electron chi connectivity index (χ1n) is 7.53. The van der Waals surface area contributed by atoms with Gasteiger partial charge in [0.25, 0.3) is 0 Å². The zero-order valence-corrected chi connectivity index (χ0v) is 16.6. The summed E-state index contributed by atoms with van der Waals surface area (Å²) >= 11 is 10.3. The number of thiophene rings is 1. The van der Waals surface area contributed by atoms with Crippen molar-refractivity contribution in [2.75, 3.05) is 5.75 Å². The molecule has 2 heterocycles. The van der Waals surface area contributed by atoms with Gasteiger partial charge in [-0.25, -0.2) is 4.98 Å². The molecule has 9 heteroatoms. The highest BCUT2D eigenvalue weighted by molar-refractivity contribution is 8.00. The molecule has 3 aromatic rings. The lowest BCUT2D eigenvalue weighted by Crippen LogP contribution is -2.43. The van der Waals surface area contributed by atoms with Gasteiger partial charge in [-0.05, 0) is 35.7 Å². The van der Waals surface area contributed by atoms with Gasteiger partial charge in [0, 0.05) is 26.2 Å². The molecule has 5 nitrogen and oxygen atoms in total. The summed E-state index contributed by atoms with van der Waals surface area (Å²) in [6, 6.07) is 9.20. The zero-order chi connectivity index (χ0) is 18.4. The van der Waals surface area contributed by atoms with E-state index >= 15 is 0 Å². The first kappa shape index (κ1) is 18.9. The molecule has 1 aromatic carbocycles. The molecular formula is C17H14ClN3O2S3. The Morgan fingerprint density at radius 2 is 1.85 bits per heavy atom. The van der Waals surface area contributed by atoms with Crippen LogP contribution in [0, 0.1) is 0 Å². The van der Waals surface area contributed by atoms with Gasteiger partial charge in [0.05, 0.1) is 17.9 Å². The number of hydrazine groups is 1. The Hall–Kier alpha value is -1.87. The van der Waals surface area contributed by atoms with E-state index in [1.54, 1.807) is 23.5 Å². The number of thioether (sulfide) groups is 1. The van der Waals surface area contributed by atoms with E-state index in [0.717, 1.165) is 15.5 Å². The van der Waals surface area contributed by atoms with E-state index in [1.165, 1.54) is 23.1 Å². The van der Waals surface area contributed by atoms with Crippen molar-refractivity contribution < 1.29 is 9.59 Å². The number of carbonyl (C=O) groups excluding carboxylic acids is 2. The normalized spacial score (nSPS) is 10.5. The van der Waals surface area contributed by atoms with E-state index in [-0.39, 0.29) is 24.0 Å². The Kier molecular flexibility index (Phi) is 6.67. The van der Waals surface area contributed by atoms with Gasteiger partial charge < -0.3 is 0 Å². The highest BCUT2D eigenvalue weighted by Gasteiger charge is 2.10. The summed E-state index contributed by atoms with van der Waals surface area (Å²) in [7, 11) is 0. The predicted molar refractivity (Wildman–Crippen MR) is 108 cm³/mol. The standard InChI is InChI=1S/C17H14ClN3O2S3/c18-12-1-3-14(4-2-12)25-10-16(23)21-20-15(22)7-13-9-26-17(19-13)11-5-6-24-8-11/h1-6,8-9H,7,10H2,(H,20,22)(H,21,23). The van der Waals surface area contributed by atoms with E-state index in [0.29, 0.717) is 10.7 Å². The topological polar surface area (TPSA) is 71.1 Å². The van der Waals surface area contributed by atoms with E-state index in [4.69, 9.17) is 11.6 Å². The second kappa shape index (κ2) is 9.18. The number of hydrogen-bond acceptors (Lipinski definition) is 6. The fourth-order valence-corrected chi connectivity index (χ4v) is 4.33. The summed E-state index contributed by atoms with van der Waals surface area (Å²) < 4.78 is 0. The molecule has 0 atom stereocenters. The molecule has 0 bridgehead atoms.